The number of benzene rings is 1. The maximum atomic E-state index is 12.9. The summed E-state index contributed by atoms with van der Waals surface area (Å²) in [7, 11) is 3.09. The van der Waals surface area contributed by atoms with E-state index in [1.54, 1.807) is 25.3 Å². The number of nitrogens with zero attached hydrogens (tertiary/aromatic N) is 1. The fourth-order valence-corrected chi connectivity index (χ4v) is 3.26. The van der Waals surface area contributed by atoms with Gasteiger partial charge in [0.15, 0.2) is 10.9 Å². The molecule has 4 N–H and O–H groups in total. The van der Waals surface area contributed by atoms with Crippen molar-refractivity contribution in [3.05, 3.63) is 40.8 Å². The summed E-state index contributed by atoms with van der Waals surface area (Å²) in [4.78, 5) is 12.9. The molecule has 0 aliphatic heterocycles. The largest absolute Gasteiger partial charge is 0.497 e. The summed E-state index contributed by atoms with van der Waals surface area (Å²) in [6.07, 6.45) is 2.34. The van der Waals surface area contributed by atoms with Gasteiger partial charge >= 0.3 is 0 Å². The Morgan fingerprint density at radius 3 is 2.75 bits per heavy atom. The molecule has 1 aliphatic rings. The molecule has 1 aliphatic carbocycles. The number of nitrogens with one attached hydrogen (secondary N) is 2. The Bertz CT molecular complexity index is 952. The predicted octanol–water partition coefficient (Wildman–Crippen LogP) is 2.73. The zero-order valence-electron chi connectivity index (χ0n) is 15.9. The lowest BCUT2D eigenvalue weighted by molar-refractivity contribution is 0.0993. The molecule has 2 aromatic rings. The number of fused-ring (bicyclic) bond motifs is 1. The van der Waals surface area contributed by atoms with Crippen molar-refractivity contribution in [1.82, 2.24) is 5.43 Å². The number of thiocarbonyl (C=S) groups is 1. The highest BCUT2D eigenvalue weighted by molar-refractivity contribution is 7.80. The van der Waals surface area contributed by atoms with Crippen LogP contribution in [0.1, 0.15) is 40.3 Å². The summed E-state index contributed by atoms with van der Waals surface area (Å²) in [6.45, 7) is 1.83. The van der Waals surface area contributed by atoms with Gasteiger partial charge in [0.05, 0.1) is 25.6 Å². The van der Waals surface area contributed by atoms with E-state index in [9.17, 15) is 4.79 Å². The Labute approximate surface area is 168 Å². The number of furan rings is 1. The Hall–Kier alpha value is -3.07. The molecule has 148 valence electrons. The third kappa shape index (κ3) is 3.94. The molecular weight excluding hydrogens is 380 g/mol. The van der Waals surface area contributed by atoms with E-state index in [2.05, 4.69) is 15.8 Å². The number of rotatable bonds is 5. The molecule has 1 amide bonds. The molecule has 9 heteroatoms. The first kappa shape index (κ1) is 19.7. The quantitative estimate of drug-likeness (QED) is 0.521. The van der Waals surface area contributed by atoms with Crippen LogP contribution in [0, 0.1) is 6.92 Å². The second kappa shape index (κ2) is 8.30. The first-order chi connectivity index (χ1) is 13.4. The van der Waals surface area contributed by atoms with E-state index in [4.69, 9.17) is 31.8 Å². The summed E-state index contributed by atoms with van der Waals surface area (Å²) < 4.78 is 16.4. The average Bonchev–Trinajstić information content (AvgIpc) is 3.03. The molecule has 0 spiro atoms. The van der Waals surface area contributed by atoms with Gasteiger partial charge in [-0.05, 0) is 44.1 Å². The van der Waals surface area contributed by atoms with Crippen molar-refractivity contribution in [1.29, 1.82) is 0 Å². The minimum atomic E-state index is -0.375. The van der Waals surface area contributed by atoms with Crippen LogP contribution in [0.4, 0.5) is 5.69 Å². The van der Waals surface area contributed by atoms with E-state index in [1.807, 2.05) is 6.92 Å². The normalized spacial score (nSPS) is 14.3. The van der Waals surface area contributed by atoms with Crippen LogP contribution in [-0.4, -0.2) is 31.0 Å². The van der Waals surface area contributed by atoms with Crippen LogP contribution < -0.4 is 25.9 Å². The van der Waals surface area contributed by atoms with Crippen LogP contribution in [0.25, 0.3) is 0 Å². The molecular formula is C19H22N4O4S. The molecule has 28 heavy (non-hydrogen) atoms. The molecule has 1 heterocycles. The lowest BCUT2D eigenvalue weighted by atomic mass is 9.93. The van der Waals surface area contributed by atoms with Gasteiger partial charge in [0.25, 0.3) is 5.91 Å². The number of nitrogens with two attached hydrogens (primary N) is 1. The van der Waals surface area contributed by atoms with Crippen molar-refractivity contribution < 1.29 is 18.7 Å². The highest BCUT2D eigenvalue weighted by Gasteiger charge is 2.28. The molecule has 1 aromatic heterocycles. The number of amides is 1. The zero-order valence-corrected chi connectivity index (χ0v) is 16.7. The molecule has 0 saturated heterocycles. The number of aryl methyl sites for hydroxylation is 1. The second-order valence-corrected chi connectivity index (χ2v) is 6.70. The highest BCUT2D eigenvalue weighted by atomic mass is 32.1. The van der Waals surface area contributed by atoms with Gasteiger partial charge in [-0.1, -0.05) is 0 Å². The molecule has 0 radical (unpaired) electrons. The SMILES string of the molecule is COc1ccc(OC)c(NC(=O)c2oc3c(c2C)/C(=N/NC(N)=S)CCC3)c1. The standard InChI is InChI=1S/C19H22N4O4S/c1-10-16-12(22-23-19(20)28)5-4-6-15(16)27-17(10)18(24)21-13-9-11(25-2)7-8-14(13)26-3/h7-9H,4-6H2,1-3H3,(H,21,24)(H3,20,23,28)/b22-12+. The average molecular weight is 402 g/mol. The van der Waals surface area contributed by atoms with E-state index in [0.29, 0.717) is 17.2 Å². The van der Waals surface area contributed by atoms with Gasteiger partial charge in [-0.25, -0.2) is 0 Å². The van der Waals surface area contributed by atoms with Gasteiger partial charge < -0.3 is 24.9 Å². The van der Waals surface area contributed by atoms with Crippen LogP contribution in [0.5, 0.6) is 11.5 Å². The van der Waals surface area contributed by atoms with Gasteiger partial charge in [-0.2, -0.15) is 5.10 Å². The van der Waals surface area contributed by atoms with Crippen LogP contribution in [0.3, 0.4) is 0 Å². The maximum Gasteiger partial charge on any atom is 0.291 e. The van der Waals surface area contributed by atoms with E-state index in [0.717, 1.165) is 41.9 Å². The second-order valence-electron chi connectivity index (χ2n) is 6.26. The van der Waals surface area contributed by atoms with Gasteiger partial charge in [0.2, 0.25) is 0 Å². The first-order valence-electron chi connectivity index (χ1n) is 8.72. The Kier molecular flexibility index (Phi) is 5.84. The summed E-state index contributed by atoms with van der Waals surface area (Å²) in [6, 6.07) is 5.16. The van der Waals surface area contributed by atoms with Gasteiger partial charge in [0, 0.05) is 23.6 Å². The lowest BCUT2D eigenvalue weighted by Gasteiger charge is -2.13. The van der Waals surface area contributed by atoms with E-state index in [-0.39, 0.29) is 16.8 Å². The Morgan fingerprint density at radius 2 is 2.07 bits per heavy atom. The van der Waals surface area contributed by atoms with Gasteiger partial charge in [0.1, 0.15) is 17.3 Å². The number of hydrogen-bond acceptors (Lipinski definition) is 6. The lowest BCUT2D eigenvalue weighted by Crippen LogP contribution is -2.26. The van der Waals surface area contributed by atoms with E-state index >= 15 is 0 Å². The zero-order chi connectivity index (χ0) is 20.3. The molecule has 0 atom stereocenters. The summed E-state index contributed by atoms with van der Waals surface area (Å²) in [5, 5.41) is 7.18. The number of hydrazone groups is 1. The number of hydrogen-bond donors (Lipinski definition) is 3. The minimum absolute atomic E-state index is 0.0869. The Morgan fingerprint density at radius 1 is 1.29 bits per heavy atom. The first-order valence-corrected chi connectivity index (χ1v) is 9.13. The molecule has 8 nitrogen and oxygen atoms in total. The fourth-order valence-electron chi connectivity index (χ4n) is 3.21. The van der Waals surface area contributed by atoms with E-state index in [1.165, 1.54) is 7.11 Å². The number of carbonyl (C=O) groups excluding carboxylic acids is 1. The summed E-state index contributed by atoms with van der Waals surface area (Å²) in [5.41, 5.74) is 10.9. The smallest absolute Gasteiger partial charge is 0.291 e. The fraction of sp³-hybridized carbons (Fsp3) is 0.316. The van der Waals surface area contributed by atoms with Crippen molar-refractivity contribution >= 4 is 34.6 Å². The van der Waals surface area contributed by atoms with Crippen LogP contribution in [-0.2, 0) is 6.42 Å². The van der Waals surface area contributed by atoms with Crippen molar-refractivity contribution in [3.63, 3.8) is 0 Å². The Balaban J connectivity index is 1.92. The van der Waals surface area contributed by atoms with Crippen LogP contribution in [0.2, 0.25) is 0 Å². The number of anilines is 1. The maximum absolute atomic E-state index is 12.9. The summed E-state index contributed by atoms with van der Waals surface area (Å²) in [5.74, 6) is 1.71. The molecule has 0 unspecified atom stereocenters. The predicted molar refractivity (Wildman–Crippen MR) is 110 cm³/mol. The van der Waals surface area contributed by atoms with Crippen molar-refractivity contribution in [2.45, 2.75) is 26.2 Å². The third-order valence-corrected chi connectivity index (χ3v) is 4.58. The monoisotopic (exact) mass is 402 g/mol. The topological polar surface area (TPSA) is 111 Å². The van der Waals surface area contributed by atoms with Crippen LogP contribution in [0.15, 0.2) is 27.7 Å². The molecule has 0 fully saturated rings. The van der Waals surface area contributed by atoms with Crippen molar-refractivity contribution in [2.75, 3.05) is 19.5 Å². The number of methoxy groups -OCH3 is 2. The minimum Gasteiger partial charge on any atom is -0.497 e. The molecule has 0 saturated carbocycles. The van der Waals surface area contributed by atoms with Gasteiger partial charge in [-0.15, -0.1) is 0 Å². The van der Waals surface area contributed by atoms with Gasteiger partial charge in [-0.3, -0.25) is 10.2 Å². The van der Waals surface area contributed by atoms with Crippen molar-refractivity contribution in [3.8, 4) is 11.5 Å². The van der Waals surface area contributed by atoms with Crippen LogP contribution >= 0.6 is 12.2 Å². The number of ether oxygens (including phenoxy) is 2. The summed E-state index contributed by atoms with van der Waals surface area (Å²) >= 11 is 4.81. The highest BCUT2D eigenvalue weighted by Crippen LogP contribution is 2.32. The van der Waals surface area contributed by atoms with Crippen molar-refractivity contribution in [2.24, 2.45) is 10.8 Å². The molecule has 1 aromatic carbocycles. The molecule has 0 bridgehead atoms. The number of carbonyl (C=O) groups is 1. The third-order valence-electron chi connectivity index (χ3n) is 4.49. The molecule has 3 rings (SSSR count). The van der Waals surface area contributed by atoms with E-state index < -0.39 is 0 Å².